The molecule has 0 unspecified atom stereocenters. The average molecular weight is 625 g/mol. The number of benzene rings is 8. The smallest absolute Gasteiger partial charge is 0.132 e. The van der Waals surface area contributed by atoms with Crippen LogP contribution >= 0.6 is 0 Å². The van der Waals surface area contributed by atoms with Gasteiger partial charge in [0.25, 0.3) is 0 Å². The molecule has 11 rings (SSSR count). The molecule has 230 valence electrons. The van der Waals surface area contributed by atoms with E-state index in [1.54, 1.807) is 0 Å². The zero-order chi connectivity index (χ0) is 32.5. The Morgan fingerprint density at radius 1 is 0.347 bits per heavy atom. The van der Waals surface area contributed by atoms with Crippen LogP contribution < -0.4 is 4.74 Å². The summed E-state index contributed by atoms with van der Waals surface area (Å²) in [4.78, 5) is 0. The Balaban J connectivity index is 1.16. The number of rotatable bonds is 1. The maximum Gasteiger partial charge on any atom is 0.132 e. The van der Waals surface area contributed by atoms with E-state index in [4.69, 9.17) is 4.74 Å². The molecule has 0 amide bonds. The van der Waals surface area contributed by atoms with Crippen molar-refractivity contribution in [3.63, 3.8) is 0 Å². The Kier molecular flexibility index (Phi) is 5.17. The minimum atomic E-state index is -0.511. The third kappa shape index (κ3) is 3.44. The molecule has 8 aromatic carbocycles. The molecule has 0 saturated carbocycles. The van der Waals surface area contributed by atoms with Crippen LogP contribution in [0.2, 0.25) is 0 Å². The van der Waals surface area contributed by atoms with Crippen LogP contribution in [0.4, 0.5) is 0 Å². The van der Waals surface area contributed by atoms with Gasteiger partial charge in [-0.25, -0.2) is 0 Å². The molecule has 0 atom stereocenters. The first-order chi connectivity index (χ1) is 24.0. The first-order valence-electron chi connectivity index (χ1n) is 17.3. The molecule has 0 fully saturated rings. The summed E-state index contributed by atoms with van der Waals surface area (Å²) in [5, 5.41) is 5.00. The van der Waals surface area contributed by atoms with Gasteiger partial charge in [-0.2, -0.15) is 0 Å². The van der Waals surface area contributed by atoms with Gasteiger partial charge in [0.05, 0.1) is 5.41 Å². The van der Waals surface area contributed by atoms with Crippen LogP contribution in [0.3, 0.4) is 0 Å². The summed E-state index contributed by atoms with van der Waals surface area (Å²) in [6, 6.07) is 58.6. The molecule has 49 heavy (non-hydrogen) atoms. The third-order valence-electron chi connectivity index (χ3n) is 11.7. The van der Waals surface area contributed by atoms with E-state index in [1.165, 1.54) is 88.3 Å². The summed E-state index contributed by atoms with van der Waals surface area (Å²) in [6.07, 6.45) is 0. The second-order valence-corrected chi connectivity index (χ2v) is 14.5. The molecule has 3 aliphatic rings. The van der Waals surface area contributed by atoms with Crippen molar-refractivity contribution in [1.29, 1.82) is 0 Å². The number of ether oxygens (including phenoxy) is 1. The molecule has 8 aromatic rings. The van der Waals surface area contributed by atoms with Gasteiger partial charge >= 0.3 is 0 Å². The van der Waals surface area contributed by atoms with Gasteiger partial charge in [-0.15, -0.1) is 0 Å². The Morgan fingerprint density at radius 2 is 0.816 bits per heavy atom. The van der Waals surface area contributed by atoms with Crippen LogP contribution in [0.1, 0.15) is 47.2 Å². The van der Waals surface area contributed by atoms with Crippen molar-refractivity contribution < 1.29 is 4.74 Å². The van der Waals surface area contributed by atoms with Gasteiger partial charge in [0.1, 0.15) is 11.5 Å². The van der Waals surface area contributed by atoms with Gasteiger partial charge in [-0.1, -0.05) is 129 Å². The fourth-order valence-corrected chi connectivity index (χ4v) is 9.37. The normalized spacial score (nSPS) is 15.2. The van der Waals surface area contributed by atoms with E-state index in [2.05, 4.69) is 172 Å². The summed E-state index contributed by atoms with van der Waals surface area (Å²) >= 11 is 0. The molecule has 1 aliphatic heterocycles. The second-order valence-electron chi connectivity index (χ2n) is 14.5. The summed E-state index contributed by atoms with van der Waals surface area (Å²) in [7, 11) is 0. The number of fused-ring (bicyclic) bond motifs is 14. The van der Waals surface area contributed by atoms with E-state index >= 15 is 0 Å². The molecular formula is C48H32O. The Morgan fingerprint density at radius 3 is 1.49 bits per heavy atom. The molecule has 0 radical (unpaired) electrons. The van der Waals surface area contributed by atoms with Crippen LogP contribution in [0.5, 0.6) is 11.5 Å². The molecular weight excluding hydrogens is 593 g/mol. The lowest BCUT2D eigenvalue weighted by Crippen LogP contribution is -2.32. The molecule has 0 aromatic heterocycles. The van der Waals surface area contributed by atoms with Crippen molar-refractivity contribution in [2.45, 2.75) is 24.7 Å². The van der Waals surface area contributed by atoms with Crippen molar-refractivity contribution in [3.05, 3.63) is 191 Å². The first-order valence-corrected chi connectivity index (χ1v) is 17.3. The van der Waals surface area contributed by atoms with Gasteiger partial charge < -0.3 is 4.74 Å². The lowest BCUT2D eigenvalue weighted by atomic mass is 9.65. The van der Waals surface area contributed by atoms with Gasteiger partial charge in [-0.3, -0.25) is 0 Å². The molecule has 0 N–H and O–H groups in total. The Hall–Kier alpha value is -5.92. The minimum Gasteiger partial charge on any atom is -0.457 e. The summed E-state index contributed by atoms with van der Waals surface area (Å²) < 4.78 is 6.88. The maximum absolute atomic E-state index is 6.88. The quantitative estimate of drug-likeness (QED) is 0.177. The van der Waals surface area contributed by atoms with E-state index in [0.29, 0.717) is 0 Å². The summed E-state index contributed by atoms with van der Waals surface area (Å²) in [6.45, 7) is 4.75. The van der Waals surface area contributed by atoms with Crippen LogP contribution in [0.15, 0.2) is 158 Å². The molecule has 0 bridgehead atoms. The fourth-order valence-electron chi connectivity index (χ4n) is 9.37. The highest BCUT2D eigenvalue weighted by Gasteiger charge is 2.51. The molecule has 2 aliphatic carbocycles. The zero-order valence-corrected chi connectivity index (χ0v) is 27.4. The van der Waals surface area contributed by atoms with Crippen molar-refractivity contribution in [2.75, 3.05) is 0 Å². The molecule has 1 spiro atoms. The highest BCUT2D eigenvalue weighted by atomic mass is 16.5. The molecule has 0 saturated heterocycles. The zero-order valence-electron chi connectivity index (χ0n) is 27.4. The van der Waals surface area contributed by atoms with Crippen LogP contribution in [0.25, 0.3) is 54.9 Å². The topological polar surface area (TPSA) is 9.23 Å². The standard InChI is InChI=1S/C48H32O/c1-47(2)41-25-33(19-21-37(41)38-23-29-11-3-4-12-30(29)24-42(38)47)34-20-22-45-43(27-34)48(44-26-31-13-5-6-14-32(31)28-46(44)49-45)39-17-9-7-15-35(39)36-16-8-10-18-40(36)48/h3-28H,1-2H3. The second kappa shape index (κ2) is 9.36. The van der Waals surface area contributed by atoms with Crippen molar-refractivity contribution in [3.8, 4) is 44.9 Å². The van der Waals surface area contributed by atoms with Gasteiger partial charge in [-0.05, 0) is 120 Å². The number of hydrogen-bond donors (Lipinski definition) is 0. The predicted octanol–water partition coefficient (Wildman–Crippen LogP) is 12.4. The van der Waals surface area contributed by atoms with E-state index in [0.717, 1.165) is 11.5 Å². The highest BCUT2D eigenvalue weighted by Crippen LogP contribution is 2.63. The molecule has 1 heterocycles. The maximum atomic E-state index is 6.88. The SMILES string of the molecule is CC1(C)c2cc(-c3ccc4c(c3)C3(c5cc6ccccc6cc5O4)c4ccccc4-c4ccccc43)ccc2-c2cc3ccccc3cc21. The largest absolute Gasteiger partial charge is 0.457 e. The van der Waals surface area contributed by atoms with E-state index in [9.17, 15) is 0 Å². The van der Waals surface area contributed by atoms with Gasteiger partial charge in [0.15, 0.2) is 0 Å². The van der Waals surface area contributed by atoms with Crippen LogP contribution in [-0.2, 0) is 10.8 Å². The minimum absolute atomic E-state index is 0.105. The van der Waals surface area contributed by atoms with Crippen molar-refractivity contribution in [2.24, 2.45) is 0 Å². The summed E-state index contributed by atoms with van der Waals surface area (Å²) in [5.74, 6) is 1.84. The lowest BCUT2D eigenvalue weighted by molar-refractivity contribution is 0.437. The third-order valence-corrected chi connectivity index (χ3v) is 11.7. The van der Waals surface area contributed by atoms with E-state index in [-0.39, 0.29) is 5.41 Å². The summed E-state index contributed by atoms with van der Waals surface area (Å²) in [5.41, 5.74) is 14.9. The average Bonchev–Trinajstić information content (AvgIpc) is 3.55. The van der Waals surface area contributed by atoms with Crippen molar-refractivity contribution in [1.82, 2.24) is 0 Å². The van der Waals surface area contributed by atoms with E-state index < -0.39 is 5.41 Å². The van der Waals surface area contributed by atoms with Crippen molar-refractivity contribution >= 4 is 21.5 Å². The van der Waals surface area contributed by atoms with E-state index in [1.807, 2.05) is 0 Å². The molecule has 1 nitrogen and oxygen atoms in total. The fraction of sp³-hybridized carbons (Fsp3) is 0.0833. The predicted molar refractivity (Wildman–Crippen MR) is 202 cm³/mol. The van der Waals surface area contributed by atoms with Crippen LogP contribution in [0, 0.1) is 0 Å². The Labute approximate surface area is 286 Å². The van der Waals surface area contributed by atoms with Gasteiger partial charge in [0.2, 0.25) is 0 Å². The van der Waals surface area contributed by atoms with Crippen LogP contribution in [-0.4, -0.2) is 0 Å². The lowest BCUT2D eigenvalue weighted by Gasteiger charge is -2.40. The van der Waals surface area contributed by atoms with Gasteiger partial charge in [0, 0.05) is 16.5 Å². The first kappa shape index (κ1) is 27.1. The Bertz CT molecular complexity index is 2680. The number of hydrogen-bond acceptors (Lipinski definition) is 1. The highest BCUT2D eigenvalue weighted by molar-refractivity contribution is 5.95. The monoisotopic (exact) mass is 624 g/mol. The molecule has 1 heteroatoms.